The summed E-state index contributed by atoms with van der Waals surface area (Å²) >= 11 is 0. The first kappa shape index (κ1) is 18.2. The maximum absolute atomic E-state index is 12.6. The summed E-state index contributed by atoms with van der Waals surface area (Å²) in [6.45, 7) is 4.45. The lowest BCUT2D eigenvalue weighted by atomic mass is 10.1. The standard InChI is InChI=1S/C21H22N2O5/c1-13(2)28-17-6-4-16(5-7-17)23-11-14(9-20(23)24)21(25)22-15-3-8-18-19(10-15)27-12-26-18/h3-8,10,13-14H,9,11-12H2,1-2H3,(H,22,25)/t14-/m0/s1. The lowest BCUT2D eigenvalue weighted by Crippen LogP contribution is -2.28. The molecule has 0 unspecified atom stereocenters. The van der Waals surface area contributed by atoms with E-state index in [4.69, 9.17) is 14.2 Å². The lowest BCUT2D eigenvalue weighted by molar-refractivity contribution is -0.122. The Bertz CT molecular complexity index is 894. The Kier molecular flexibility index (Phi) is 4.81. The molecule has 0 aromatic heterocycles. The van der Waals surface area contributed by atoms with Gasteiger partial charge in [-0.15, -0.1) is 0 Å². The molecule has 2 aromatic carbocycles. The number of hydrogen-bond acceptors (Lipinski definition) is 5. The zero-order valence-corrected chi connectivity index (χ0v) is 15.8. The largest absolute Gasteiger partial charge is 0.491 e. The molecule has 28 heavy (non-hydrogen) atoms. The van der Waals surface area contributed by atoms with Gasteiger partial charge in [0.15, 0.2) is 11.5 Å². The van der Waals surface area contributed by atoms with Gasteiger partial charge in [-0.25, -0.2) is 0 Å². The molecule has 1 N–H and O–H groups in total. The molecule has 7 heteroatoms. The summed E-state index contributed by atoms with van der Waals surface area (Å²) in [5.41, 5.74) is 1.38. The fourth-order valence-electron chi connectivity index (χ4n) is 3.33. The van der Waals surface area contributed by atoms with Crippen molar-refractivity contribution < 1.29 is 23.8 Å². The molecule has 2 aliphatic heterocycles. The van der Waals surface area contributed by atoms with Gasteiger partial charge in [-0.2, -0.15) is 0 Å². The summed E-state index contributed by atoms with van der Waals surface area (Å²) in [5.74, 6) is 1.35. The number of benzene rings is 2. The fourth-order valence-corrected chi connectivity index (χ4v) is 3.33. The quantitative estimate of drug-likeness (QED) is 0.859. The Balaban J connectivity index is 1.40. The van der Waals surface area contributed by atoms with E-state index >= 15 is 0 Å². The predicted octanol–water partition coefficient (Wildman–Crippen LogP) is 3.19. The maximum atomic E-state index is 12.6. The van der Waals surface area contributed by atoms with Gasteiger partial charge in [0.1, 0.15) is 5.75 Å². The van der Waals surface area contributed by atoms with Gasteiger partial charge in [-0.3, -0.25) is 9.59 Å². The smallest absolute Gasteiger partial charge is 0.231 e. The molecule has 4 rings (SSSR count). The number of carbonyl (C=O) groups excluding carboxylic acids is 2. The molecule has 146 valence electrons. The number of ether oxygens (including phenoxy) is 3. The number of nitrogens with one attached hydrogen (secondary N) is 1. The zero-order valence-electron chi connectivity index (χ0n) is 15.8. The molecule has 1 saturated heterocycles. The number of hydrogen-bond donors (Lipinski definition) is 1. The van der Waals surface area contributed by atoms with Crippen molar-refractivity contribution in [3.63, 3.8) is 0 Å². The molecule has 1 atom stereocenters. The van der Waals surface area contributed by atoms with E-state index < -0.39 is 5.92 Å². The molecule has 2 heterocycles. The highest BCUT2D eigenvalue weighted by Gasteiger charge is 2.35. The Hall–Kier alpha value is -3.22. The van der Waals surface area contributed by atoms with Gasteiger partial charge in [0.05, 0.1) is 12.0 Å². The van der Waals surface area contributed by atoms with Crippen LogP contribution in [0.4, 0.5) is 11.4 Å². The van der Waals surface area contributed by atoms with Crippen LogP contribution in [-0.2, 0) is 9.59 Å². The lowest BCUT2D eigenvalue weighted by Gasteiger charge is -2.18. The van der Waals surface area contributed by atoms with Gasteiger partial charge >= 0.3 is 0 Å². The van der Waals surface area contributed by atoms with E-state index in [0.29, 0.717) is 23.7 Å². The van der Waals surface area contributed by atoms with E-state index in [1.807, 2.05) is 38.1 Å². The van der Waals surface area contributed by atoms with E-state index in [-0.39, 0.29) is 31.1 Å². The van der Waals surface area contributed by atoms with Crippen molar-refractivity contribution in [1.29, 1.82) is 0 Å². The normalized spacial score (nSPS) is 17.9. The third kappa shape index (κ3) is 3.74. The van der Waals surface area contributed by atoms with Crippen molar-refractivity contribution in [2.75, 3.05) is 23.6 Å². The Morgan fingerprint density at radius 2 is 1.89 bits per heavy atom. The number of amides is 2. The average Bonchev–Trinajstić information content (AvgIpc) is 3.28. The van der Waals surface area contributed by atoms with Crippen molar-refractivity contribution >= 4 is 23.2 Å². The van der Waals surface area contributed by atoms with Crippen LogP contribution >= 0.6 is 0 Å². The second-order valence-electron chi connectivity index (χ2n) is 7.12. The molecular weight excluding hydrogens is 360 g/mol. The third-order valence-electron chi connectivity index (χ3n) is 4.66. The SMILES string of the molecule is CC(C)Oc1ccc(N2C[C@@H](C(=O)Nc3ccc4c(c3)OCO4)CC2=O)cc1. The number of nitrogens with zero attached hydrogens (tertiary/aromatic N) is 1. The van der Waals surface area contributed by atoms with Crippen LogP contribution in [0, 0.1) is 5.92 Å². The van der Waals surface area contributed by atoms with Crippen LogP contribution in [0.25, 0.3) is 0 Å². The van der Waals surface area contributed by atoms with Crippen LogP contribution in [0.5, 0.6) is 17.2 Å². The Morgan fingerprint density at radius 1 is 1.14 bits per heavy atom. The molecule has 1 fully saturated rings. The maximum Gasteiger partial charge on any atom is 0.231 e. The van der Waals surface area contributed by atoms with Gasteiger partial charge in [-0.1, -0.05) is 0 Å². The van der Waals surface area contributed by atoms with E-state index in [9.17, 15) is 9.59 Å². The highest BCUT2D eigenvalue weighted by atomic mass is 16.7. The van der Waals surface area contributed by atoms with Crippen molar-refractivity contribution in [2.24, 2.45) is 5.92 Å². The Morgan fingerprint density at radius 3 is 2.64 bits per heavy atom. The van der Waals surface area contributed by atoms with E-state index in [2.05, 4.69) is 5.32 Å². The van der Waals surface area contributed by atoms with Crippen LogP contribution in [0.2, 0.25) is 0 Å². The molecule has 0 aliphatic carbocycles. The molecule has 7 nitrogen and oxygen atoms in total. The first-order valence-electron chi connectivity index (χ1n) is 9.27. The topological polar surface area (TPSA) is 77.1 Å². The highest BCUT2D eigenvalue weighted by Crippen LogP contribution is 2.35. The van der Waals surface area contributed by atoms with Gasteiger partial charge in [0, 0.05) is 30.4 Å². The predicted molar refractivity (Wildman–Crippen MR) is 104 cm³/mol. The van der Waals surface area contributed by atoms with Gasteiger partial charge < -0.3 is 24.4 Å². The van der Waals surface area contributed by atoms with Gasteiger partial charge in [0.25, 0.3) is 0 Å². The summed E-state index contributed by atoms with van der Waals surface area (Å²) in [6, 6.07) is 12.6. The minimum atomic E-state index is -0.412. The second-order valence-corrected chi connectivity index (χ2v) is 7.12. The number of carbonyl (C=O) groups is 2. The first-order valence-corrected chi connectivity index (χ1v) is 9.27. The van der Waals surface area contributed by atoms with Gasteiger partial charge in [0.2, 0.25) is 18.6 Å². The summed E-state index contributed by atoms with van der Waals surface area (Å²) < 4.78 is 16.2. The van der Waals surface area contributed by atoms with Crippen LogP contribution in [0.15, 0.2) is 42.5 Å². The summed E-state index contributed by atoms with van der Waals surface area (Å²) in [4.78, 5) is 26.7. The molecule has 2 amide bonds. The molecule has 0 bridgehead atoms. The highest BCUT2D eigenvalue weighted by molar-refractivity contribution is 6.03. The van der Waals surface area contributed by atoms with Crippen LogP contribution < -0.4 is 24.4 Å². The van der Waals surface area contributed by atoms with Crippen molar-refractivity contribution in [1.82, 2.24) is 0 Å². The average molecular weight is 382 g/mol. The van der Waals surface area contributed by atoms with Crippen LogP contribution in [0.1, 0.15) is 20.3 Å². The summed E-state index contributed by atoms with van der Waals surface area (Å²) in [5, 5.41) is 2.86. The summed E-state index contributed by atoms with van der Waals surface area (Å²) in [6.07, 6.45) is 0.268. The minimum absolute atomic E-state index is 0.0663. The fraction of sp³-hybridized carbons (Fsp3) is 0.333. The van der Waals surface area contributed by atoms with Crippen molar-refractivity contribution in [3.8, 4) is 17.2 Å². The molecule has 0 saturated carbocycles. The number of fused-ring (bicyclic) bond motifs is 1. The van der Waals surface area contributed by atoms with E-state index in [1.54, 1.807) is 23.1 Å². The first-order chi connectivity index (χ1) is 13.5. The van der Waals surface area contributed by atoms with Crippen molar-refractivity contribution in [2.45, 2.75) is 26.4 Å². The third-order valence-corrected chi connectivity index (χ3v) is 4.66. The number of rotatable bonds is 5. The minimum Gasteiger partial charge on any atom is -0.491 e. The van der Waals surface area contributed by atoms with E-state index in [1.165, 1.54) is 0 Å². The Labute approximate surface area is 163 Å². The zero-order chi connectivity index (χ0) is 19.7. The monoisotopic (exact) mass is 382 g/mol. The molecule has 2 aliphatic rings. The second kappa shape index (κ2) is 7.42. The number of anilines is 2. The summed E-state index contributed by atoms with van der Waals surface area (Å²) in [7, 11) is 0. The van der Waals surface area contributed by atoms with Crippen LogP contribution in [0.3, 0.4) is 0 Å². The molecule has 0 radical (unpaired) electrons. The molecule has 2 aromatic rings. The van der Waals surface area contributed by atoms with Gasteiger partial charge in [-0.05, 0) is 50.2 Å². The van der Waals surface area contributed by atoms with E-state index in [0.717, 1.165) is 11.4 Å². The van der Waals surface area contributed by atoms with Crippen molar-refractivity contribution in [3.05, 3.63) is 42.5 Å². The van der Waals surface area contributed by atoms with Crippen LogP contribution in [-0.4, -0.2) is 31.3 Å². The molecular formula is C21H22N2O5. The molecule has 0 spiro atoms.